The van der Waals surface area contributed by atoms with Gasteiger partial charge in [0, 0.05) is 56.0 Å². The molecule has 56 heavy (non-hydrogen) atoms. The molecular formula is C44H26F4O6S2. The van der Waals surface area contributed by atoms with Gasteiger partial charge in [0.05, 0.1) is 20.9 Å². The maximum Gasteiger partial charge on any atom is 0.237 e. The fraction of sp³-hybridized carbons (Fsp3) is 0.182. The van der Waals surface area contributed by atoms with E-state index in [0.717, 1.165) is 44.2 Å². The Morgan fingerprint density at radius 1 is 0.554 bits per heavy atom. The van der Waals surface area contributed by atoms with Crippen molar-refractivity contribution < 1.29 is 46.2 Å². The summed E-state index contributed by atoms with van der Waals surface area (Å²) in [6.07, 6.45) is 11.7. The van der Waals surface area contributed by atoms with Crippen molar-refractivity contribution in [1.29, 1.82) is 0 Å². The number of ether oxygens (including phenoxy) is 2. The van der Waals surface area contributed by atoms with E-state index in [1.165, 1.54) is 34.8 Å². The zero-order chi connectivity index (χ0) is 39.3. The molecule has 2 unspecified atom stereocenters. The third kappa shape index (κ3) is 4.91. The molecule has 0 bridgehead atoms. The van der Waals surface area contributed by atoms with Crippen molar-refractivity contribution in [2.75, 3.05) is 0 Å². The quantitative estimate of drug-likeness (QED) is 0.114. The van der Waals surface area contributed by atoms with E-state index in [-0.39, 0.29) is 34.1 Å². The first kappa shape index (κ1) is 34.7. The Morgan fingerprint density at radius 2 is 0.946 bits per heavy atom. The molecular weight excluding hydrogens is 765 g/mol. The molecule has 0 radical (unpaired) electrons. The Morgan fingerprint density at radius 3 is 1.34 bits per heavy atom. The third-order valence-electron chi connectivity index (χ3n) is 11.0. The average molecular weight is 791 g/mol. The van der Waals surface area contributed by atoms with Gasteiger partial charge in [-0.3, -0.25) is 19.2 Å². The van der Waals surface area contributed by atoms with Crippen molar-refractivity contribution in [3.8, 4) is 11.5 Å². The molecule has 0 N–H and O–H groups in total. The number of hydrogen-bond acceptors (Lipinski definition) is 8. The van der Waals surface area contributed by atoms with Crippen molar-refractivity contribution in [1.82, 2.24) is 0 Å². The van der Waals surface area contributed by atoms with Crippen molar-refractivity contribution in [2.45, 2.75) is 38.9 Å². The van der Waals surface area contributed by atoms with Gasteiger partial charge in [0.15, 0.2) is 0 Å². The molecule has 0 amide bonds. The standard InChI is InChI=1S/C44H26F4O6S2/c1-43(2)29-7-17-6-28-30(44(3,4)54-34-16-22(56-42(28)34)14-26-24-10-20(46)12-32(48)36(24)40(52)38(26)50)8-18(17)5-27(29)41-33(53-43)15-21(55-41)13-25-23-9-19(45)11-31(47)35(23)39(51)37(25)49/h5-18H,1-4H3/b25-13-,26-14-. The van der Waals surface area contributed by atoms with Gasteiger partial charge in [-0.05, 0) is 86.4 Å². The number of halogens is 4. The first-order valence-electron chi connectivity index (χ1n) is 17.6. The topological polar surface area (TPSA) is 86.7 Å². The summed E-state index contributed by atoms with van der Waals surface area (Å²) in [5, 5.41) is 0. The van der Waals surface area contributed by atoms with E-state index in [9.17, 15) is 36.7 Å². The maximum absolute atomic E-state index is 14.5. The van der Waals surface area contributed by atoms with Crippen molar-refractivity contribution in [2.24, 2.45) is 11.8 Å². The van der Waals surface area contributed by atoms with Crippen molar-refractivity contribution in [3.63, 3.8) is 0 Å². The number of rotatable bonds is 2. The SMILES string of the molecule is CC1(C)Oc2cc(/C=C3\C(=O)C(=O)c4c(F)cc(F)cc43)sc2C2=CC3C=C4C(=CC3C=C21)c1sc(/C=C2\C(=O)C(=O)c3c(F)cc(F)cc32)cc1OC4(C)C. The van der Waals surface area contributed by atoms with Gasteiger partial charge < -0.3 is 9.47 Å². The predicted molar refractivity (Wildman–Crippen MR) is 204 cm³/mol. The van der Waals surface area contributed by atoms with E-state index >= 15 is 0 Å². The molecule has 0 fully saturated rings. The van der Waals surface area contributed by atoms with Crippen LogP contribution in [0.5, 0.6) is 11.5 Å². The monoisotopic (exact) mass is 790 g/mol. The van der Waals surface area contributed by atoms with E-state index in [1.54, 1.807) is 12.1 Å². The fourth-order valence-electron chi connectivity index (χ4n) is 8.55. The van der Waals surface area contributed by atoms with Gasteiger partial charge in [-0.1, -0.05) is 24.3 Å². The van der Waals surface area contributed by atoms with Crippen molar-refractivity contribution in [3.05, 3.63) is 137 Å². The zero-order valence-electron chi connectivity index (χ0n) is 29.9. The highest BCUT2D eigenvalue weighted by atomic mass is 32.1. The molecule has 0 saturated heterocycles. The Balaban J connectivity index is 1.03. The molecule has 2 aromatic heterocycles. The molecule has 4 aliphatic carbocycles. The summed E-state index contributed by atoms with van der Waals surface area (Å²) in [4.78, 5) is 54.0. The van der Waals surface area contributed by atoms with Crippen LogP contribution >= 0.6 is 22.7 Å². The largest absolute Gasteiger partial charge is 0.482 e. The lowest BCUT2D eigenvalue weighted by Gasteiger charge is -2.42. The molecule has 2 aliphatic heterocycles. The van der Waals surface area contributed by atoms with Gasteiger partial charge in [-0.15, -0.1) is 22.7 Å². The van der Waals surface area contributed by atoms with E-state index in [1.807, 2.05) is 27.7 Å². The Hall–Kier alpha value is -5.72. The molecule has 10 rings (SSSR count). The Kier molecular flexibility index (Phi) is 7.09. The lowest BCUT2D eigenvalue weighted by Crippen LogP contribution is -2.39. The maximum atomic E-state index is 14.5. The first-order chi connectivity index (χ1) is 26.5. The highest BCUT2D eigenvalue weighted by Gasteiger charge is 2.45. The number of carbonyl (C=O) groups excluding carboxylic acids is 4. The molecule has 0 spiro atoms. The van der Waals surface area contributed by atoms with Gasteiger partial charge in [0.1, 0.15) is 46.0 Å². The summed E-state index contributed by atoms with van der Waals surface area (Å²) < 4.78 is 70.5. The number of carbonyl (C=O) groups is 4. The number of allylic oxidation sites excluding steroid dienone is 6. The van der Waals surface area contributed by atoms with E-state index < -0.39 is 68.7 Å². The lowest BCUT2D eigenvalue weighted by atomic mass is 9.70. The van der Waals surface area contributed by atoms with Crippen LogP contribution in [0.4, 0.5) is 17.6 Å². The Bertz CT molecular complexity index is 2650. The van der Waals surface area contributed by atoms with Crippen LogP contribution in [-0.4, -0.2) is 34.3 Å². The van der Waals surface area contributed by atoms with Crippen LogP contribution in [0.3, 0.4) is 0 Å². The highest BCUT2D eigenvalue weighted by molar-refractivity contribution is 7.15. The van der Waals surface area contributed by atoms with E-state index in [4.69, 9.17) is 9.47 Å². The van der Waals surface area contributed by atoms with Crippen LogP contribution in [-0.2, 0) is 9.59 Å². The van der Waals surface area contributed by atoms with E-state index in [2.05, 4.69) is 24.3 Å². The average Bonchev–Trinajstić information content (AvgIpc) is 3.83. The number of benzene rings is 2. The molecule has 2 atom stereocenters. The van der Waals surface area contributed by atoms with Gasteiger partial charge >= 0.3 is 0 Å². The van der Waals surface area contributed by atoms with Gasteiger partial charge in [-0.2, -0.15) is 0 Å². The zero-order valence-corrected chi connectivity index (χ0v) is 31.5. The van der Waals surface area contributed by atoms with Gasteiger partial charge in [-0.25, -0.2) is 17.6 Å². The summed E-state index contributed by atoms with van der Waals surface area (Å²) in [6, 6.07) is 6.72. The second-order valence-corrected chi connectivity index (χ2v) is 17.6. The summed E-state index contributed by atoms with van der Waals surface area (Å²) in [6.45, 7) is 7.85. The van der Waals surface area contributed by atoms with Crippen LogP contribution in [0.25, 0.3) is 34.4 Å². The number of ketones is 4. The predicted octanol–water partition coefficient (Wildman–Crippen LogP) is 9.90. The highest BCUT2D eigenvalue weighted by Crippen LogP contribution is 2.56. The smallest absolute Gasteiger partial charge is 0.237 e. The molecule has 12 heteroatoms. The summed E-state index contributed by atoms with van der Waals surface area (Å²) in [5.41, 5.74) is 1.13. The molecule has 4 heterocycles. The summed E-state index contributed by atoms with van der Waals surface area (Å²) >= 11 is 2.70. The first-order valence-corrected chi connectivity index (χ1v) is 19.3. The van der Waals surface area contributed by atoms with Crippen LogP contribution < -0.4 is 9.47 Å². The van der Waals surface area contributed by atoms with Crippen molar-refractivity contribution >= 4 is 80.3 Å². The molecule has 278 valence electrons. The Labute approximate surface area is 324 Å². The third-order valence-corrected chi connectivity index (χ3v) is 13.2. The fourth-order valence-corrected chi connectivity index (χ4v) is 10.7. The van der Waals surface area contributed by atoms with Crippen LogP contribution in [0.15, 0.2) is 71.8 Å². The van der Waals surface area contributed by atoms with Crippen LogP contribution in [0.1, 0.15) is 79.0 Å². The molecule has 4 aromatic rings. The van der Waals surface area contributed by atoms with E-state index in [0.29, 0.717) is 33.4 Å². The molecule has 6 nitrogen and oxygen atoms in total. The summed E-state index contributed by atoms with van der Waals surface area (Å²) in [7, 11) is 0. The number of hydrogen-bond donors (Lipinski definition) is 0. The molecule has 6 aliphatic rings. The minimum atomic E-state index is -1.08. The summed E-state index contributed by atoms with van der Waals surface area (Å²) in [5.74, 6) is -6.76. The van der Waals surface area contributed by atoms with Gasteiger partial charge in [0.25, 0.3) is 0 Å². The second kappa shape index (κ2) is 11.4. The van der Waals surface area contributed by atoms with Crippen LogP contribution in [0.2, 0.25) is 0 Å². The van der Waals surface area contributed by atoms with Gasteiger partial charge in [0.2, 0.25) is 23.1 Å². The number of Topliss-reactive ketones (excluding diaryl/α,β-unsaturated/α-hetero) is 4. The molecule has 2 aromatic carbocycles. The minimum absolute atomic E-state index is 0.0740. The van der Waals surface area contributed by atoms with Crippen LogP contribution in [0, 0.1) is 35.1 Å². The molecule has 0 saturated carbocycles. The number of thiophene rings is 2. The minimum Gasteiger partial charge on any atom is -0.482 e. The number of fused-ring (bicyclic) bond motifs is 9. The normalized spacial score (nSPS) is 23.5. The second-order valence-electron chi connectivity index (χ2n) is 15.4. The lowest BCUT2D eigenvalue weighted by molar-refractivity contribution is -0.110.